The van der Waals surface area contributed by atoms with E-state index in [1.165, 1.54) is 11.4 Å². The maximum atomic E-state index is 5.94. The predicted molar refractivity (Wildman–Crippen MR) is 79.5 cm³/mol. The molecule has 2 heterocycles. The number of pyridine rings is 1. The van der Waals surface area contributed by atoms with Gasteiger partial charge in [0, 0.05) is 23.9 Å². The van der Waals surface area contributed by atoms with Crippen LogP contribution in [0.2, 0.25) is 0 Å². The second-order valence-electron chi connectivity index (χ2n) is 7.09. The van der Waals surface area contributed by atoms with Gasteiger partial charge in [0.05, 0.1) is 6.10 Å². The average molecular weight is 261 g/mol. The van der Waals surface area contributed by atoms with Gasteiger partial charge >= 0.3 is 0 Å². The zero-order valence-corrected chi connectivity index (χ0v) is 12.9. The van der Waals surface area contributed by atoms with Crippen LogP contribution in [0.3, 0.4) is 0 Å². The number of nitrogens with zero attached hydrogens (tertiary/aromatic N) is 1. The Bertz CT molecular complexity index is 420. The second kappa shape index (κ2) is 5.62. The van der Waals surface area contributed by atoms with Crippen LogP contribution >= 0.6 is 0 Å². The zero-order chi connectivity index (χ0) is 14.0. The van der Waals surface area contributed by atoms with Gasteiger partial charge in [0.2, 0.25) is 0 Å². The van der Waals surface area contributed by atoms with Crippen LogP contribution in [-0.4, -0.2) is 17.7 Å². The lowest BCUT2D eigenvalue weighted by Gasteiger charge is -2.37. The van der Waals surface area contributed by atoms with E-state index in [4.69, 9.17) is 9.72 Å². The molecule has 1 fully saturated rings. The summed E-state index contributed by atoms with van der Waals surface area (Å²) in [5.74, 6) is 1.05. The molecule has 0 radical (unpaired) electrons. The zero-order valence-electron chi connectivity index (χ0n) is 12.9. The summed E-state index contributed by atoms with van der Waals surface area (Å²) < 4.78 is 5.94. The van der Waals surface area contributed by atoms with Gasteiger partial charge < -0.3 is 4.74 Å². The predicted octanol–water partition coefficient (Wildman–Crippen LogP) is 4.51. The molecule has 0 unspecified atom stereocenters. The molecular weight excluding hydrogens is 234 g/mol. The number of aromatic nitrogens is 1. The van der Waals surface area contributed by atoms with Crippen molar-refractivity contribution in [1.82, 2.24) is 4.98 Å². The second-order valence-corrected chi connectivity index (χ2v) is 7.09. The first-order valence-corrected chi connectivity index (χ1v) is 7.46. The van der Waals surface area contributed by atoms with Crippen molar-refractivity contribution in [2.75, 3.05) is 6.61 Å². The third-order valence-corrected chi connectivity index (χ3v) is 4.05. The molecule has 1 aliphatic heterocycles. The van der Waals surface area contributed by atoms with Crippen LogP contribution in [0.25, 0.3) is 0 Å². The monoisotopic (exact) mass is 261 g/mol. The summed E-state index contributed by atoms with van der Waals surface area (Å²) in [6, 6.07) is 6.47. The smallest absolute Gasteiger partial charge is 0.0629 e. The molecule has 2 nitrogen and oxygen atoms in total. The van der Waals surface area contributed by atoms with E-state index in [0.717, 1.165) is 19.4 Å². The van der Waals surface area contributed by atoms with Gasteiger partial charge in [-0.1, -0.05) is 40.7 Å². The van der Waals surface area contributed by atoms with E-state index in [-0.39, 0.29) is 5.41 Å². The van der Waals surface area contributed by atoms with Crippen LogP contribution in [0.4, 0.5) is 0 Å². The fourth-order valence-corrected chi connectivity index (χ4v) is 2.69. The Morgan fingerprint density at radius 3 is 2.63 bits per heavy atom. The van der Waals surface area contributed by atoms with Gasteiger partial charge in [-0.05, 0) is 36.3 Å². The molecule has 0 bridgehead atoms. The van der Waals surface area contributed by atoms with Crippen molar-refractivity contribution in [3.8, 4) is 0 Å². The van der Waals surface area contributed by atoms with Crippen molar-refractivity contribution in [2.45, 2.75) is 65.4 Å². The number of rotatable bonds is 2. The van der Waals surface area contributed by atoms with E-state index in [1.54, 1.807) is 0 Å². The van der Waals surface area contributed by atoms with Crippen LogP contribution < -0.4 is 0 Å². The van der Waals surface area contributed by atoms with E-state index in [2.05, 4.69) is 52.8 Å². The molecule has 1 aromatic heterocycles. The number of hydrogen-bond donors (Lipinski definition) is 0. The molecule has 0 aromatic carbocycles. The third-order valence-electron chi connectivity index (χ3n) is 4.05. The van der Waals surface area contributed by atoms with Gasteiger partial charge in [-0.3, -0.25) is 4.98 Å². The molecule has 106 valence electrons. The minimum absolute atomic E-state index is 0.217. The third kappa shape index (κ3) is 3.56. The van der Waals surface area contributed by atoms with Crippen molar-refractivity contribution >= 4 is 0 Å². The first kappa shape index (κ1) is 14.5. The van der Waals surface area contributed by atoms with E-state index < -0.39 is 0 Å². The van der Waals surface area contributed by atoms with Crippen molar-refractivity contribution in [2.24, 2.45) is 5.41 Å². The minimum atomic E-state index is 0.217. The molecule has 2 rings (SSSR count). The van der Waals surface area contributed by atoms with Gasteiger partial charge in [0.15, 0.2) is 0 Å². The SMILES string of the molecule is CC(C)c1cccc([C@H]2CCO[C@@H](C(C)(C)C)C2)n1. The lowest BCUT2D eigenvalue weighted by Crippen LogP contribution is -2.35. The standard InChI is InChI=1S/C17H27NO/c1-12(2)14-7-6-8-15(18-14)13-9-10-19-16(11-13)17(3,4)5/h6-8,12-13,16H,9-11H2,1-5H3/t13-,16+/m0/s1. The Balaban J connectivity index is 2.15. The molecule has 2 heteroatoms. The van der Waals surface area contributed by atoms with Gasteiger partial charge in [0.1, 0.15) is 0 Å². The van der Waals surface area contributed by atoms with E-state index >= 15 is 0 Å². The lowest BCUT2D eigenvalue weighted by atomic mass is 9.80. The fourth-order valence-electron chi connectivity index (χ4n) is 2.69. The molecule has 0 saturated carbocycles. The maximum absolute atomic E-state index is 5.94. The Hall–Kier alpha value is -0.890. The minimum Gasteiger partial charge on any atom is -0.378 e. The van der Waals surface area contributed by atoms with Gasteiger partial charge in [-0.25, -0.2) is 0 Å². The number of hydrogen-bond acceptors (Lipinski definition) is 2. The van der Waals surface area contributed by atoms with Crippen LogP contribution in [0.1, 0.15) is 70.7 Å². The molecular formula is C17H27NO. The highest BCUT2D eigenvalue weighted by Gasteiger charge is 2.32. The van der Waals surface area contributed by atoms with E-state index in [0.29, 0.717) is 17.9 Å². The van der Waals surface area contributed by atoms with E-state index in [1.807, 2.05) is 0 Å². The average Bonchev–Trinajstić information content (AvgIpc) is 2.38. The highest BCUT2D eigenvalue weighted by atomic mass is 16.5. The fraction of sp³-hybridized carbons (Fsp3) is 0.706. The van der Waals surface area contributed by atoms with Crippen molar-refractivity contribution < 1.29 is 4.74 Å². The maximum Gasteiger partial charge on any atom is 0.0629 e. The molecule has 0 amide bonds. The Labute approximate surface area is 117 Å². The molecule has 19 heavy (non-hydrogen) atoms. The largest absolute Gasteiger partial charge is 0.378 e. The summed E-state index contributed by atoms with van der Waals surface area (Å²) in [5.41, 5.74) is 2.67. The van der Waals surface area contributed by atoms with Crippen LogP contribution in [0.15, 0.2) is 18.2 Å². The molecule has 0 spiro atoms. The molecule has 2 atom stereocenters. The summed E-state index contributed by atoms with van der Waals surface area (Å²) in [6.45, 7) is 12.1. The topological polar surface area (TPSA) is 22.1 Å². The van der Waals surface area contributed by atoms with Crippen molar-refractivity contribution in [3.05, 3.63) is 29.6 Å². The summed E-state index contributed by atoms with van der Waals surface area (Å²) in [7, 11) is 0. The Morgan fingerprint density at radius 2 is 2.00 bits per heavy atom. The highest BCUT2D eigenvalue weighted by molar-refractivity contribution is 5.17. The molecule has 0 N–H and O–H groups in total. The van der Waals surface area contributed by atoms with Crippen molar-refractivity contribution in [1.29, 1.82) is 0 Å². The highest BCUT2D eigenvalue weighted by Crippen LogP contribution is 2.36. The lowest BCUT2D eigenvalue weighted by molar-refractivity contribution is -0.0552. The summed E-state index contributed by atoms with van der Waals surface area (Å²) in [4.78, 5) is 4.86. The first-order chi connectivity index (χ1) is 8.88. The molecule has 1 saturated heterocycles. The van der Waals surface area contributed by atoms with Crippen LogP contribution in [-0.2, 0) is 4.74 Å². The van der Waals surface area contributed by atoms with Crippen LogP contribution in [0, 0.1) is 5.41 Å². The Morgan fingerprint density at radius 1 is 1.26 bits per heavy atom. The first-order valence-electron chi connectivity index (χ1n) is 7.46. The van der Waals surface area contributed by atoms with Crippen molar-refractivity contribution in [3.63, 3.8) is 0 Å². The molecule has 1 aromatic rings. The van der Waals surface area contributed by atoms with Gasteiger partial charge in [0.25, 0.3) is 0 Å². The van der Waals surface area contributed by atoms with E-state index in [9.17, 15) is 0 Å². The van der Waals surface area contributed by atoms with Gasteiger partial charge in [-0.2, -0.15) is 0 Å². The number of ether oxygens (including phenoxy) is 1. The summed E-state index contributed by atoms with van der Waals surface area (Å²) >= 11 is 0. The summed E-state index contributed by atoms with van der Waals surface area (Å²) in [5, 5.41) is 0. The van der Waals surface area contributed by atoms with Crippen LogP contribution in [0.5, 0.6) is 0 Å². The summed E-state index contributed by atoms with van der Waals surface area (Å²) in [6.07, 6.45) is 2.54. The Kier molecular flexibility index (Phi) is 4.29. The van der Waals surface area contributed by atoms with Gasteiger partial charge in [-0.15, -0.1) is 0 Å². The molecule has 1 aliphatic rings. The normalized spacial score (nSPS) is 24.7. The molecule has 0 aliphatic carbocycles. The quantitative estimate of drug-likeness (QED) is 0.781.